The summed E-state index contributed by atoms with van der Waals surface area (Å²) in [5.74, 6) is 0.652. The van der Waals surface area contributed by atoms with Crippen molar-refractivity contribution in [1.82, 2.24) is 24.6 Å². The summed E-state index contributed by atoms with van der Waals surface area (Å²) in [6.07, 6.45) is 3.84. The molecule has 1 fully saturated rings. The minimum atomic E-state index is -0.123. The molecule has 0 aliphatic carbocycles. The third kappa shape index (κ3) is 4.37. The zero-order valence-electron chi connectivity index (χ0n) is 20.5. The molecule has 3 heterocycles. The van der Waals surface area contributed by atoms with Gasteiger partial charge in [0.05, 0.1) is 36.5 Å². The molecule has 1 aliphatic rings. The summed E-state index contributed by atoms with van der Waals surface area (Å²) >= 11 is 0. The van der Waals surface area contributed by atoms with E-state index in [1.807, 2.05) is 43.6 Å². The maximum Gasteiger partial charge on any atom is 0.263 e. The SMILES string of the molecule is [C-]#[N+]c1ccc(-c2nc(N3CCC(NC)CC3)n(C)c(=O)c2-c2ccc3nn(CCO)cc3c2)cc1. The minimum Gasteiger partial charge on any atom is -0.394 e. The summed E-state index contributed by atoms with van der Waals surface area (Å²) in [5.41, 5.74) is 3.87. The lowest BCUT2D eigenvalue weighted by Gasteiger charge is -2.33. The molecule has 1 aliphatic heterocycles. The molecule has 1 saturated heterocycles. The van der Waals surface area contributed by atoms with Crippen molar-refractivity contribution in [3.8, 4) is 22.4 Å². The van der Waals surface area contributed by atoms with E-state index in [9.17, 15) is 9.90 Å². The minimum absolute atomic E-state index is 0.00306. The fourth-order valence-corrected chi connectivity index (χ4v) is 4.85. The average molecular weight is 484 g/mol. The number of hydrogen-bond acceptors (Lipinski definition) is 6. The summed E-state index contributed by atoms with van der Waals surface area (Å²) in [4.78, 5) is 24.6. The summed E-state index contributed by atoms with van der Waals surface area (Å²) in [7, 11) is 3.76. The second-order valence-electron chi connectivity index (χ2n) is 9.10. The lowest BCUT2D eigenvalue weighted by Crippen LogP contribution is -2.43. The van der Waals surface area contributed by atoms with Gasteiger partial charge in [-0.05, 0) is 43.1 Å². The van der Waals surface area contributed by atoms with Gasteiger partial charge in [-0.25, -0.2) is 9.83 Å². The highest BCUT2D eigenvalue weighted by atomic mass is 16.3. The molecular formula is C27H29N7O2. The molecule has 0 radical (unpaired) electrons. The van der Waals surface area contributed by atoms with Gasteiger partial charge in [-0.3, -0.25) is 14.0 Å². The van der Waals surface area contributed by atoms with Gasteiger partial charge < -0.3 is 15.3 Å². The van der Waals surface area contributed by atoms with Gasteiger partial charge >= 0.3 is 0 Å². The Kier molecular flexibility index (Phi) is 6.55. The van der Waals surface area contributed by atoms with Gasteiger partial charge in [0.1, 0.15) is 0 Å². The number of aliphatic hydroxyl groups excluding tert-OH is 1. The van der Waals surface area contributed by atoms with Crippen LogP contribution in [-0.4, -0.2) is 57.2 Å². The quantitative estimate of drug-likeness (QED) is 0.409. The van der Waals surface area contributed by atoms with Crippen LogP contribution in [0.3, 0.4) is 0 Å². The fourth-order valence-electron chi connectivity index (χ4n) is 4.85. The zero-order valence-corrected chi connectivity index (χ0v) is 20.5. The third-order valence-corrected chi connectivity index (χ3v) is 6.89. The molecule has 0 amide bonds. The predicted octanol–water partition coefficient (Wildman–Crippen LogP) is 3.20. The van der Waals surface area contributed by atoms with Crippen LogP contribution in [0.4, 0.5) is 11.6 Å². The van der Waals surface area contributed by atoms with E-state index in [2.05, 4.69) is 20.2 Å². The second kappa shape index (κ2) is 9.93. The van der Waals surface area contributed by atoms with Crippen molar-refractivity contribution in [3.63, 3.8) is 0 Å². The van der Waals surface area contributed by atoms with E-state index in [-0.39, 0.29) is 12.2 Å². The number of anilines is 1. The summed E-state index contributed by atoms with van der Waals surface area (Å²) in [6, 6.07) is 13.4. The van der Waals surface area contributed by atoms with Crippen molar-refractivity contribution in [3.05, 3.63) is 70.4 Å². The number of nitrogens with one attached hydrogen (secondary N) is 1. The van der Waals surface area contributed by atoms with Crippen LogP contribution >= 0.6 is 0 Å². The summed E-state index contributed by atoms with van der Waals surface area (Å²) in [6.45, 7) is 9.33. The molecule has 36 heavy (non-hydrogen) atoms. The average Bonchev–Trinajstić information content (AvgIpc) is 3.32. The Bertz CT molecular complexity index is 1490. The molecule has 184 valence electrons. The largest absolute Gasteiger partial charge is 0.394 e. The lowest BCUT2D eigenvalue weighted by molar-refractivity contribution is 0.270. The van der Waals surface area contributed by atoms with Crippen LogP contribution in [0.5, 0.6) is 0 Å². The van der Waals surface area contributed by atoms with Crippen molar-refractivity contribution < 1.29 is 5.11 Å². The number of aromatic nitrogens is 4. The Hall–Kier alpha value is -4.00. The number of fused-ring (bicyclic) bond motifs is 1. The monoisotopic (exact) mass is 483 g/mol. The van der Waals surface area contributed by atoms with Gasteiger partial charge in [-0.1, -0.05) is 30.3 Å². The first-order chi connectivity index (χ1) is 17.5. The van der Waals surface area contributed by atoms with Crippen molar-refractivity contribution in [1.29, 1.82) is 0 Å². The first kappa shape index (κ1) is 23.7. The number of aliphatic hydroxyl groups is 1. The molecular weight excluding hydrogens is 454 g/mol. The molecule has 9 heteroatoms. The normalized spacial score (nSPS) is 14.3. The fraction of sp³-hybridized carbons (Fsp3) is 0.333. The number of piperidine rings is 1. The van der Waals surface area contributed by atoms with E-state index in [0.29, 0.717) is 35.5 Å². The molecule has 0 atom stereocenters. The Balaban J connectivity index is 1.67. The van der Waals surface area contributed by atoms with Crippen molar-refractivity contribution in [2.75, 3.05) is 31.6 Å². The molecule has 0 spiro atoms. The van der Waals surface area contributed by atoms with Crippen LogP contribution in [0.2, 0.25) is 0 Å². The van der Waals surface area contributed by atoms with Gasteiger partial charge in [-0.15, -0.1) is 0 Å². The van der Waals surface area contributed by atoms with Gasteiger partial charge in [0, 0.05) is 37.8 Å². The maximum atomic E-state index is 13.9. The third-order valence-electron chi connectivity index (χ3n) is 6.89. The molecule has 0 unspecified atom stereocenters. The number of hydrogen-bond donors (Lipinski definition) is 2. The van der Waals surface area contributed by atoms with E-state index < -0.39 is 0 Å². The first-order valence-electron chi connectivity index (χ1n) is 12.1. The highest BCUT2D eigenvalue weighted by Crippen LogP contribution is 2.33. The number of rotatable bonds is 6. The molecule has 2 aromatic carbocycles. The van der Waals surface area contributed by atoms with Crippen LogP contribution in [0.1, 0.15) is 12.8 Å². The zero-order chi connectivity index (χ0) is 25.2. The molecule has 0 saturated carbocycles. The lowest BCUT2D eigenvalue weighted by atomic mass is 9.99. The summed E-state index contributed by atoms with van der Waals surface area (Å²) < 4.78 is 3.35. The van der Waals surface area contributed by atoms with E-state index >= 15 is 0 Å². The van der Waals surface area contributed by atoms with E-state index in [4.69, 9.17) is 11.6 Å². The highest BCUT2D eigenvalue weighted by molar-refractivity contribution is 5.88. The van der Waals surface area contributed by atoms with Crippen LogP contribution in [-0.2, 0) is 13.6 Å². The van der Waals surface area contributed by atoms with Gasteiger partial charge in [0.2, 0.25) is 5.95 Å². The standard InChI is InChI=1S/C27H29N7O2/c1-28-21-7-4-18(5-8-21)25-24(19-6-9-23-20(16-19)17-34(31-23)14-15-35)26(36)32(3)27(30-25)33-12-10-22(29-2)11-13-33/h4-9,16-17,22,29,35H,10-15H2,2-3H3. The molecule has 2 aromatic heterocycles. The van der Waals surface area contributed by atoms with Gasteiger partial charge in [-0.2, -0.15) is 5.10 Å². The van der Waals surface area contributed by atoms with Crippen LogP contribution in [0.15, 0.2) is 53.5 Å². The maximum absolute atomic E-state index is 13.9. The first-order valence-corrected chi connectivity index (χ1v) is 12.1. The Morgan fingerprint density at radius 2 is 1.86 bits per heavy atom. The van der Waals surface area contributed by atoms with E-state index in [0.717, 1.165) is 48.0 Å². The Morgan fingerprint density at radius 1 is 1.14 bits per heavy atom. The van der Waals surface area contributed by atoms with Crippen molar-refractivity contribution >= 4 is 22.5 Å². The van der Waals surface area contributed by atoms with E-state index in [1.54, 1.807) is 28.4 Å². The summed E-state index contributed by atoms with van der Waals surface area (Å²) in [5, 5.41) is 18.0. The molecule has 5 rings (SSSR count). The Labute approximate surface area is 209 Å². The number of nitrogens with zero attached hydrogens (tertiary/aromatic N) is 6. The van der Waals surface area contributed by atoms with Crippen LogP contribution in [0, 0.1) is 6.57 Å². The van der Waals surface area contributed by atoms with Crippen LogP contribution in [0.25, 0.3) is 38.1 Å². The molecule has 0 bridgehead atoms. The van der Waals surface area contributed by atoms with Crippen molar-refractivity contribution in [2.24, 2.45) is 7.05 Å². The van der Waals surface area contributed by atoms with Gasteiger partial charge in [0.15, 0.2) is 5.69 Å². The van der Waals surface area contributed by atoms with E-state index in [1.165, 1.54) is 0 Å². The smallest absolute Gasteiger partial charge is 0.263 e. The Morgan fingerprint density at radius 3 is 2.53 bits per heavy atom. The van der Waals surface area contributed by atoms with Gasteiger partial charge in [0.25, 0.3) is 5.56 Å². The second-order valence-corrected chi connectivity index (χ2v) is 9.10. The molecule has 2 N–H and O–H groups in total. The molecule has 9 nitrogen and oxygen atoms in total. The highest BCUT2D eigenvalue weighted by Gasteiger charge is 2.25. The van der Waals surface area contributed by atoms with Crippen molar-refractivity contribution in [2.45, 2.75) is 25.4 Å². The number of benzene rings is 2. The van der Waals surface area contributed by atoms with Crippen LogP contribution < -0.4 is 15.8 Å². The topological polar surface area (TPSA) is 92.6 Å². The molecule has 4 aromatic rings. The predicted molar refractivity (Wildman–Crippen MR) is 141 cm³/mol.